The Hall–Kier alpha value is -1.10. The summed E-state index contributed by atoms with van der Waals surface area (Å²) in [5, 5.41) is 25.5. The molecule has 0 aliphatic rings. The number of aliphatic hydroxyl groups is 1. The smallest absolute Gasteiger partial charge is 0.0875 e. The molecule has 0 bridgehead atoms. The summed E-state index contributed by atoms with van der Waals surface area (Å²) in [5.41, 5.74) is 0. The van der Waals surface area contributed by atoms with Gasteiger partial charge in [-0.2, -0.15) is 10.5 Å². The monoisotopic (exact) mass is 153 g/mol. The molecular weight excluding hydrogens is 142 g/mol. The van der Waals surface area contributed by atoms with Crippen LogP contribution in [0.15, 0.2) is 0 Å². The summed E-state index contributed by atoms with van der Waals surface area (Å²) in [6, 6.07) is 3.84. The van der Waals surface area contributed by atoms with Gasteiger partial charge in [-0.3, -0.25) is 4.90 Å². The van der Waals surface area contributed by atoms with Crippen molar-refractivity contribution in [2.24, 2.45) is 0 Å². The van der Waals surface area contributed by atoms with Crippen LogP contribution in [0.25, 0.3) is 0 Å². The molecule has 0 aliphatic heterocycles. The molecule has 0 rings (SSSR count). The molecule has 1 N–H and O–H groups in total. The lowest BCUT2D eigenvalue weighted by atomic mass is 10.3. The van der Waals surface area contributed by atoms with E-state index in [2.05, 4.69) is 0 Å². The second-order valence-corrected chi connectivity index (χ2v) is 2.33. The van der Waals surface area contributed by atoms with Crippen LogP contribution in [-0.2, 0) is 0 Å². The van der Waals surface area contributed by atoms with E-state index in [0.29, 0.717) is 6.54 Å². The third kappa shape index (κ3) is 5.35. The van der Waals surface area contributed by atoms with Crippen molar-refractivity contribution in [3.05, 3.63) is 0 Å². The van der Waals surface area contributed by atoms with Crippen LogP contribution in [0.4, 0.5) is 0 Å². The van der Waals surface area contributed by atoms with Crippen LogP contribution in [0, 0.1) is 22.7 Å². The number of hydrogen-bond acceptors (Lipinski definition) is 4. The van der Waals surface area contributed by atoms with E-state index in [1.165, 1.54) is 0 Å². The zero-order valence-electron chi connectivity index (χ0n) is 6.49. The van der Waals surface area contributed by atoms with E-state index < -0.39 is 6.10 Å². The molecule has 1 atom stereocenters. The maximum atomic E-state index is 8.92. The second kappa shape index (κ2) is 5.67. The molecule has 0 saturated heterocycles. The van der Waals surface area contributed by atoms with Crippen molar-refractivity contribution in [3.8, 4) is 12.1 Å². The highest BCUT2D eigenvalue weighted by Gasteiger charge is 2.05. The largest absolute Gasteiger partial charge is 0.392 e. The molecule has 0 aromatic carbocycles. The molecule has 0 fully saturated rings. The van der Waals surface area contributed by atoms with Crippen molar-refractivity contribution in [1.29, 1.82) is 10.5 Å². The Morgan fingerprint density at radius 3 is 2.09 bits per heavy atom. The fourth-order valence-electron chi connectivity index (χ4n) is 0.759. The summed E-state index contributed by atoms with van der Waals surface area (Å²) in [7, 11) is 0. The molecule has 0 spiro atoms. The minimum Gasteiger partial charge on any atom is -0.392 e. The number of hydrogen-bond donors (Lipinski definition) is 1. The van der Waals surface area contributed by atoms with Crippen molar-refractivity contribution in [2.45, 2.75) is 13.0 Å². The molecular formula is C7H11N3O. The van der Waals surface area contributed by atoms with E-state index in [4.69, 9.17) is 15.6 Å². The molecule has 0 amide bonds. The quantitative estimate of drug-likeness (QED) is 0.564. The average Bonchev–Trinajstić information content (AvgIpc) is 1.87. The minimum absolute atomic E-state index is 0.193. The average molecular weight is 153 g/mol. The van der Waals surface area contributed by atoms with Crippen LogP contribution in [0.3, 0.4) is 0 Å². The van der Waals surface area contributed by atoms with Gasteiger partial charge in [0, 0.05) is 6.54 Å². The summed E-state index contributed by atoms with van der Waals surface area (Å²) in [6.07, 6.45) is -0.489. The highest BCUT2D eigenvalue weighted by atomic mass is 16.3. The van der Waals surface area contributed by atoms with Crippen LogP contribution in [0.5, 0.6) is 0 Å². The van der Waals surface area contributed by atoms with E-state index in [0.717, 1.165) is 0 Å². The van der Waals surface area contributed by atoms with E-state index in [-0.39, 0.29) is 13.1 Å². The predicted octanol–water partition coefficient (Wildman–Crippen LogP) is -0.284. The minimum atomic E-state index is -0.489. The first kappa shape index (κ1) is 9.90. The first-order valence-corrected chi connectivity index (χ1v) is 3.35. The molecule has 0 heterocycles. The number of rotatable bonds is 4. The molecule has 4 heteroatoms. The molecule has 0 unspecified atom stereocenters. The van der Waals surface area contributed by atoms with Crippen LogP contribution < -0.4 is 0 Å². The number of nitrogens with zero attached hydrogens (tertiary/aromatic N) is 3. The van der Waals surface area contributed by atoms with Crippen LogP contribution in [0.1, 0.15) is 6.92 Å². The van der Waals surface area contributed by atoms with Crippen molar-refractivity contribution in [2.75, 3.05) is 19.6 Å². The zero-order chi connectivity index (χ0) is 8.69. The molecule has 4 nitrogen and oxygen atoms in total. The first-order valence-electron chi connectivity index (χ1n) is 3.35. The van der Waals surface area contributed by atoms with Crippen molar-refractivity contribution in [1.82, 2.24) is 4.90 Å². The van der Waals surface area contributed by atoms with Gasteiger partial charge in [0.05, 0.1) is 31.3 Å². The van der Waals surface area contributed by atoms with Gasteiger partial charge in [-0.05, 0) is 6.92 Å². The lowest BCUT2D eigenvalue weighted by Crippen LogP contribution is -2.31. The number of nitriles is 2. The standard InChI is InChI=1S/C7H11N3O/c1-7(11)6-10(4-2-8)5-3-9/h7,11H,4-6H2,1H3/t7-/m1/s1. The maximum absolute atomic E-state index is 8.92. The Labute approximate surface area is 66.3 Å². The van der Waals surface area contributed by atoms with Gasteiger partial charge in [-0.1, -0.05) is 0 Å². The van der Waals surface area contributed by atoms with Gasteiger partial charge in [0.25, 0.3) is 0 Å². The van der Waals surface area contributed by atoms with Gasteiger partial charge >= 0.3 is 0 Å². The Bertz CT molecular complexity index is 161. The zero-order valence-corrected chi connectivity index (χ0v) is 6.49. The summed E-state index contributed by atoms with van der Waals surface area (Å²) in [6.45, 7) is 2.39. The second-order valence-electron chi connectivity index (χ2n) is 2.33. The summed E-state index contributed by atoms with van der Waals surface area (Å²) >= 11 is 0. The van der Waals surface area contributed by atoms with Gasteiger partial charge in [-0.15, -0.1) is 0 Å². The summed E-state index contributed by atoms with van der Waals surface area (Å²) in [4.78, 5) is 1.59. The molecule has 0 aromatic rings. The molecule has 0 saturated carbocycles. The summed E-state index contributed by atoms with van der Waals surface area (Å²) in [5.74, 6) is 0. The van der Waals surface area contributed by atoms with Crippen LogP contribution in [0.2, 0.25) is 0 Å². The van der Waals surface area contributed by atoms with Gasteiger partial charge in [0.15, 0.2) is 0 Å². The lowest BCUT2D eigenvalue weighted by molar-refractivity contribution is 0.142. The highest BCUT2D eigenvalue weighted by Crippen LogP contribution is 1.89. The van der Waals surface area contributed by atoms with Crippen molar-refractivity contribution >= 4 is 0 Å². The Morgan fingerprint density at radius 1 is 1.36 bits per heavy atom. The molecule has 60 valence electrons. The SMILES string of the molecule is C[C@@H](O)CN(CC#N)CC#N. The van der Waals surface area contributed by atoms with Crippen LogP contribution >= 0.6 is 0 Å². The third-order valence-electron chi connectivity index (χ3n) is 1.11. The maximum Gasteiger partial charge on any atom is 0.0875 e. The predicted molar refractivity (Wildman–Crippen MR) is 39.3 cm³/mol. The normalized spacial score (nSPS) is 12.1. The third-order valence-corrected chi connectivity index (χ3v) is 1.11. The van der Waals surface area contributed by atoms with Gasteiger partial charge in [-0.25, -0.2) is 0 Å². The highest BCUT2D eigenvalue weighted by molar-refractivity contribution is 4.84. The van der Waals surface area contributed by atoms with E-state index in [1.807, 2.05) is 12.1 Å². The molecule has 0 radical (unpaired) electrons. The van der Waals surface area contributed by atoms with Crippen LogP contribution in [-0.4, -0.2) is 35.7 Å². The Morgan fingerprint density at radius 2 is 1.82 bits per heavy atom. The Balaban J connectivity index is 3.73. The molecule has 0 aromatic heterocycles. The molecule has 11 heavy (non-hydrogen) atoms. The van der Waals surface area contributed by atoms with Gasteiger partial charge < -0.3 is 5.11 Å². The van der Waals surface area contributed by atoms with Gasteiger partial charge in [0.1, 0.15) is 0 Å². The van der Waals surface area contributed by atoms with E-state index in [9.17, 15) is 0 Å². The summed E-state index contributed by atoms with van der Waals surface area (Å²) < 4.78 is 0. The van der Waals surface area contributed by atoms with E-state index in [1.54, 1.807) is 11.8 Å². The fraction of sp³-hybridized carbons (Fsp3) is 0.714. The fourth-order valence-corrected chi connectivity index (χ4v) is 0.759. The molecule has 0 aliphatic carbocycles. The Kier molecular flexibility index (Phi) is 5.10. The topological polar surface area (TPSA) is 71.0 Å². The van der Waals surface area contributed by atoms with Crippen molar-refractivity contribution < 1.29 is 5.11 Å². The van der Waals surface area contributed by atoms with Crippen molar-refractivity contribution in [3.63, 3.8) is 0 Å². The number of aliphatic hydroxyl groups excluding tert-OH is 1. The van der Waals surface area contributed by atoms with Gasteiger partial charge in [0.2, 0.25) is 0 Å². The lowest BCUT2D eigenvalue weighted by Gasteiger charge is -2.16. The first-order chi connectivity index (χ1) is 5.20. The van der Waals surface area contributed by atoms with E-state index >= 15 is 0 Å².